The number of carboxylic acid groups (broad SMARTS) is 1. The molecule has 0 unspecified atom stereocenters. The summed E-state index contributed by atoms with van der Waals surface area (Å²) < 4.78 is 0. The maximum atomic E-state index is 10.5. The highest BCUT2D eigenvalue weighted by Gasteiger charge is 2.33. The Labute approximate surface area is 88.2 Å². The Balaban J connectivity index is 1.90. The molecule has 0 bridgehead atoms. The van der Waals surface area contributed by atoms with Crippen LogP contribution in [-0.2, 0) is 4.79 Å². The fraction of sp³-hybridized carbons (Fsp3) is 0.333. The van der Waals surface area contributed by atoms with Crippen LogP contribution < -0.4 is 0 Å². The summed E-state index contributed by atoms with van der Waals surface area (Å²) in [6.45, 7) is 0. The number of nitrogens with zero attached hydrogens (tertiary/aromatic N) is 1. The van der Waals surface area contributed by atoms with Gasteiger partial charge in [-0.1, -0.05) is 12.0 Å². The van der Waals surface area contributed by atoms with Gasteiger partial charge in [-0.05, 0) is 30.9 Å². The number of aromatic nitrogens is 1. The van der Waals surface area contributed by atoms with E-state index in [1.54, 1.807) is 6.20 Å². The standard InChI is InChI=1S/C12H11NO2/c14-12(15)10-7-9(8-10)4-5-11-3-1-2-6-13-11/h1-3,6,9-10H,7-8H2,(H,14,15). The third-order valence-electron chi connectivity index (χ3n) is 2.56. The van der Waals surface area contributed by atoms with Crippen LogP contribution in [0, 0.1) is 23.7 Å². The fourth-order valence-electron chi connectivity index (χ4n) is 1.55. The minimum atomic E-state index is -0.703. The van der Waals surface area contributed by atoms with E-state index >= 15 is 0 Å². The zero-order valence-electron chi connectivity index (χ0n) is 8.18. The van der Waals surface area contributed by atoms with Crippen LogP contribution in [0.4, 0.5) is 0 Å². The molecule has 0 aromatic carbocycles. The second kappa shape index (κ2) is 4.14. The van der Waals surface area contributed by atoms with E-state index in [1.165, 1.54) is 0 Å². The fourth-order valence-corrected chi connectivity index (χ4v) is 1.55. The summed E-state index contributed by atoms with van der Waals surface area (Å²) in [4.78, 5) is 14.6. The molecule has 0 spiro atoms. The van der Waals surface area contributed by atoms with E-state index in [2.05, 4.69) is 16.8 Å². The van der Waals surface area contributed by atoms with E-state index in [0.717, 1.165) is 5.69 Å². The molecular formula is C12H11NO2. The molecule has 1 aromatic rings. The maximum Gasteiger partial charge on any atom is 0.306 e. The Morgan fingerprint density at radius 3 is 2.87 bits per heavy atom. The van der Waals surface area contributed by atoms with Crippen LogP contribution in [0.1, 0.15) is 18.5 Å². The molecule has 1 N–H and O–H groups in total. The normalized spacial score (nSPS) is 23.5. The van der Waals surface area contributed by atoms with E-state index in [-0.39, 0.29) is 11.8 Å². The quantitative estimate of drug-likeness (QED) is 0.701. The zero-order valence-corrected chi connectivity index (χ0v) is 8.18. The lowest BCUT2D eigenvalue weighted by Crippen LogP contribution is -2.29. The molecule has 0 aliphatic heterocycles. The number of carbonyl (C=O) groups is 1. The van der Waals surface area contributed by atoms with Gasteiger partial charge in [0.1, 0.15) is 5.69 Å². The average Bonchev–Trinajstić information content (AvgIpc) is 2.16. The van der Waals surface area contributed by atoms with Crippen LogP contribution >= 0.6 is 0 Å². The van der Waals surface area contributed by atoms with Crippen molar-refractivity contribution in [2.24, 2.45) is 11.8 Å². The second-order valence-corrected chi connectivity index (χ2v) is 3.69. The zero-order chi connectivity index (χ0) is 10.7. The van der Waals surface area contributed by atoms with Crippen LogP contribution in [0.25, 0.3) is 0 Å². The molecule has 76 valence electrons. The monoisotopic (exact) mass is 201 g/mol. The molecule has 1 aliphatic rings. The Morgan fingerprint density at radius 2 is 2.27 bits per heavy atom. The van der Waals surface area contributed by atoms with E-state index in [9.17, 15) is 4.79 Å². The smallest absolute Gasteiger partial charge is 0.306 e. The first-order chi connectivity index (χ1) is 7.25. The largest absolute Gasteiger partial charge is 0.481 e. The highest BCUT2D eigenvalue weighted by Crippen LogP contribution is 2.33. The van der Waals surface area contributed by atoms with Gasteiger partial charge in [0.25, 0.3) is 0 Å². The summed E-state index contributed by atoms with van der Waals surface area (Å²) in [6, 6.07) is 5.58. The van der Waals surface area contributed by atoms with Gasteiger partial charge in [0.05, 0.1) is 5.92 Å². The number of hydrogen-bond acceptors (Lipinski definition) is 2. The third kappa shape index (κ3) is 2.35. The second-order valence-electron chi connectivity index (χ2n) is 3.69. The van der Waals surface area contributed by atoms with Crippen LogP contribution in [0.5, 0.6) is 0 Å². The van der Waals surface area contributed by atoms with E-state index < -0.39 is 5.97 Å². The molecule has 1 aliphatic carbocycles. The first kappa shape index (κ1) is 9.72. The topological polar surface area (TPSA) is 50.2 Å². The van der Waals surface area contributed by atoms with Gasteiger partial charge in [0.2, 0.25) is 0 Å². The molecule has 0 amide bonds. The number of rotatable bonds is 1. The first-order valence-corrected chi connectivity index (χ1v) is 4.91. The Morgan fingerprint density at radius 1 is 1.47 bits per heavy atom. The summed E-state index contributed by atoms with van der Waals surface area (Å²) in [7, 11) is 0. The van der Waals surface area contributed by atoms with Crippen LogP contribution in [0.15, 0.2) is 24.4 Å². The van der Waals surface area contributed by atoms with Crippen molar-refractivity contribution in [3.8, 4) is 11.8 Å². The van der Waals surface area contributed by atoms with Gasteiger partial charge in [-0.15, -0.1) is 0 Å². The van der Waals surface area contributed by atoms with Gasteiger partial charge < -0.3 is 5.11 Å². The van der Waals surface area contributed by atoms with Gasteiger partial charge in [-0.2, -0.15) is 0 Å². The number of pyridine rings is 1. The van der Waals surface area contributed by atoms with Crippen molar-refractivity contribution in [3.63, 3.8) is 0 Å². The molecule has 1 aromatic heterocycles. The van der Waals surface area contributed by atoms with E-state index in [4.69, 9.17) is 5.11 Å². The van der Waals surface area contributed by atoms with Crippen molar-refractivity contribution in [3.05, 3.63) is 30.1 Å². The minimum absolute atomic E-state index is 0.187. The van der Waals surface area contributed by atoms with Crippen molar-refractivity contribution >= 4 is 5.97 Å². The van der Waals surface area contributed by atoms with Crippen LogP contribution in [0.3, 0.4) is 0 Å². The number of aliphatic carboxylic acids is 1. The summed E-state index contributed by atoms with van der Waals surface area (Å²) in [5, 5.41) is 8.68. The maximum absolute atomic E-state index is 10.5. The molecular weight excluding hydrogens is 190 g/mol. The number of hydrogen-bond donors (Lipinski definition) is 1. The number of carboxylic acids is 1. The van der Waals surface area contributed by atoms with Crippen LogP contribution in [0.2, 0.25) is 0 Å². The third-order valence-corrected chi connectivity index (χ3v) is 2.56. The van der Waals surface area contributed by atoms with E-state index in [0.29, 0.717) is 12.8 Å². The molecule has 1 saturated carbocycles. The van der Waals surface area contributed by atoms with Gasteiger partial charge in [-0.3, -0.25) is 4.79 Å². The highest BCUT2D eigenvalue weighted by molar-refractivity contribution is 5.71. The molecule has 0 radical (unpaired) electrons. The van der Waals surface area contributed by atoms with Crippen molar-refractivity contribution in [1.82, 2.24) is 4.98 Å². The average molecular weight is 201 g/mol. The van der Waals surface area contributed by atoms with Gasteiger partial charge >= 0.3 is 5.97 Å². The van der Waals surface area contributed by atoms with Crippen molar-refractivity contribution in [1.29, 1.82) is 0 Å². The molecule has 15 heavy (non-hydrogen) atoms. The van der Waals surface area contributed by atoms with Crippen LogP contribution in [-0.4, -0.2) is 16.1 Å². The molecule has 2 rings (SSSR count). The molecule has 0 saturated heterocycles. The lowest BCUT2D eigenvalue weighted by atomic mass is 9.75. The molecule has 0 atom stereocenters. The predicted octanol–water partition coefficient (Wildman–Crippen LogP) is 1.54. The minimum Gasteiger partial charge on any atom is -0.481 e. The van der Waals surface area contributed by atoms with E-state index in [1.807, 2.05) is 18.2 Å². The molecule has 1 fully saturated rings. The molecule has 1 heterocycles. The summed E-state index contributed by atoms with van der Waals surface area (Å²) in [5.41, 5.74) is 0.747. The molecule has 3 heteroatoms. The van der Waals surface area contributed by atoms with Crippen molar-refractivity contribution in [2.75, 3.05) is 0 Å². The Bertz CT molecular complexity index is 410. The summed E-state index contributed by atoms with van der Waals surface area (Å²) in [6.07, 6.45) is 3.05. The molecule has 3 nitrogen and oxygen atoms in total. The van der Waals surface area contributed by atoms with Crippen molar-refractivity contribution in [2.45, 2.75) is 12.8 Å². The highest BCUT2D eigenvalue weighted by atomic mass is 16.4. The Hall–Kier alpha value is -1.82. The first-order valence-electron chi connectivity index (χ1n) is 4.91. The predicted molar refractivity (Wildman–Crippen MR) is 55.0 cm³/mol. The SMILES string of the molecule is O=C(O)C1CC(C#Cc2ccccn2)C1. The lowest BCUT2D eigenvalue weighted by Gasteiger charge is -2.27. The lowest BCUT2D eigenvalue weighted by molar-refractivity contribution is -0.145. The van der Waals surface area contributed by atoms with Crippen molar-refractivity contribution < 1.29 is 9.90 Å². The summed E-state index contributed by atoms with van der Waals surface area (Å²) >= 11 is 0. The van der Waals surface area contributed by atoms with Gasteiger partial charge in [0.15, 0.2) is 0 Å². The van der Waals surface area contributed by atoms with Gasteiger partial charge in [0, 0.05) is 12.1 Å². The summed E-state index contributed by atoms with van der Waals surface area (Å²) in [5.74, 6) is 5.34. The Kier molecular flexibility index (Phi) is 2.68. The van der Waals surface area contributed by atoms with Gasteiger partial charge in [-0.25, -0.2) is 4.98 Å².